The number of nitrogens with zero attached hydrogens (tertiary/aromatic N) is 3. The van der Waals surface area contributed by atoms with Crippen molar-refractivity contribution >= 4 is 22.5 Å². The minimum Gasteiger partial charge on any atom is -0.486 e. The fraction of sp³-hybridized carbons (Fsp3) is 0.343. The number of Topliss-reactive ketones (excluding diaryl/α,β-unsaturated/α-hetero) is 2. The second-order valence-corrected chi connectivity index (χ2v) is 10.8. The molecule has 1 aromatic heterocycles. The summed E-state index contributed by atoms with van der Waals surface area (Å²) in [4.78, 5) is 34.7. The average molecular weight is 586 g/mol. The third-order valence-electron chi connectivity index (χ3n) is 7.79. The number of ether oxygens (including phenoxy) is 2. The van der Waals surface area contributed by atoms with E-state index in [2.05, 4.69) is 4.90 Å². The number of rotatable bonds is 10. The summed E-state index contributed by atoms with van der Waals surface area (Å²) in [6, 6.07) is 18.5. The molecule has 0 unspecified atom stereocenters. The molecule has 3 aromatic carbocycles. The minimum absolute atomic E-state index is 0.0474. The van der Waals surface area contributed by atoms with Gasteiger partial charge in [0.1, 0.15) is 19.0 Å². The van der Waals surface area contributed by atoms with Crippen molar-refractivity contribution in [1.82, 2.24) is 14.8 Å². The summed E-state index contributed by atoms with van der Waals surface area (Å²) >= 11 is 0. The molecule has 0 amide bonds. The first-order chi connectivity index (χ1) is 22.4. The molecule has 43 heavy (non-hydrogen) atoms. The predicted molar refractivity (Wildman–Crippen MR) is 164 cm³/mol. The van der Waals surface area contributed by atoms with E-state index < -0.39 is 18.7 Å². The monoisotopic (exact) mass is 585 g/mol. The lowest BCUT2D eigenvalue weighted by Gasteiger charge is -2.34. The third kappa shape index (κ3) is 6.92. The van der Waals surface area contributed by atoms with Crippen LogP contribution in [0.25, 0.3) is 10.9 Å². The zero-order chi connectivity index (χ0) is 33.3. The van der Waals surface area contributed by atoms with Crippen LogP contribution in [-0.2, 0) is 19.4 Å². The molecule has 0 spiro atoms. The molecule has 7 nitrogen and oxygen atoms in total. The highest BCUT2D eigenvalue weighted by molar-refractivity contribution is 6.01. The van der Waals surface area contributed by atoms with Crippen molar-refractivity contribution < 1.29 is 28.9 Å². The highest BCUT2D eigenvalue weighted by atomic mass is 19.1. The van der Waals surface area contributed by atoms with Crippen LogP contribution >= 0.6 is 0 Å². The molecule has 0 saturated carbocycles. The largest absolute Gasteiger partial charge is 0.486 e. The normalized spacial score (nSPS) is 17.5. The quantitative estimate of drug-likeness (QED) is 0.227. The Morgan fingerprint density at radius 1 is 0.837 bits per heavy atom. The fourth-order valence-corrected chi connectivity index (χ4v) is 5.49. The maximum Gasteiger partial charge on any atom is 0.167 e. The SMILES string of the molecule is [2H]C([2H])(C)C([2H])([2H])N1CCN(Cc2ccc3cc(C(=O)Cc4cc(CC(=O)c5ccc6c(c5)OCCO6)ccc4F)ccc3n2)CC1. The van der Waals surface area contributed by atoms with Crippen LogP contribution in [0.15, 0.2) is 66.7 Å². The Hall–Kier alpha value is -4.14. The lowest BCUT2D eigenvalue weighted by molar-refractivity contribution is 0.0985. The zero-order valence-corrected chi connectivity index (χ0v) is 24.1. The summed E-state index contributed by atoms with van der Waals surface area (Å²) in [5, 5.41) is 0.780. The van der Waals surface area contributed by atoms with E-state index in [0.29, 0.717) is 74.1 Å². The summed E-state index contributed by atoms with van der Waals surface area (Å²) in [6.45, 7) is 2.68. The van der Waals surface area contributed by atoms with Crippen molar-refractivity contribution in [1.29, 1.82) is 0 Å². The van der Waals surface area contributed by atoms with Crippen LogP contribution in [0.5, 0.6) is 11.5 Å². The van der Waals surface area contributed by atoms with Crippen molar-refractivity contribution in [2.45, 2.75) is 32.7 Å². The van der Waals surface area contributed by atoms with Crippen molar-refractivity contribution in [3.8, 4) is 11.5 Å². The van der Waals surface area contributed by atoms with Crippen LogP contribution in [0.4, 0.5) is 4.39 Å². The first-order valence-electron chi connectivity index (χ1n) is 16.5. The Morgan fingerprint density at radius 3 is 2.37 bits per heavy atom. The summed E-state index contributed by atoms with van der Waals surface area (Å²) in [6.07, 6.45) is -2.08. The number of aromatic nitrogens is 1. The number of fused-ring (bicyclic) bond motifs is 2. The molecule has 0 atom stereocenters. The van der Waals surface area contributed by atoms with Gasteiger partial charge in [-0.25, -0.2) is 4.39 Å². The molecular weight excluding hydrogens is 545 g/mol. The molecule has 3 heterocycles. The van der Waals surface area contributed by atoms with Gasteiger partial charge in [0, 0.05) is 67.6 Å². The first kappa shape index (κ1) is 24.3. The van der Waals surface area contributed by atoms with E-state index in [0.717, 1.165) is 16.6 Å². The van der Waals surface area contributed by atoms with Crippen molar-refractivity contribution in [2.24, 2.45) is 0 Å². The predicted octanol–water partition coefficient (Wildman–Crippen LogP) is 5.52. The lowest BCUT2D eigenvalue weighted by Crippen LogP contribution is -2.46. The van der Waals surface area contributed by atoms with Gasteiger partial charge < -0.3 is 14.4 Å². The Bertz CT molecular complexity index is 1820. The number of carbonyl (C=O) groups excluding carboxylic acids is 2. The molecular formula is C35H36FN3O4. The number of pyridine rings is 1. The van der Waals surface area contributed by atoms with Gasteiger partial charge in [-0.15, -0.1) is 0 Å². The van der Waals surface area contributed by atoms with Crippen molar-refractivity contribution in [3.05, 3.63) is 100 Å². The average Bonchev–Trinajstić information content (AvgIpc) is 3.05. The highest BCUT2D eigenvalue weighted by Gasteiger charge is 2.19. The number of piperazine rings is 1. The van der Waals surface area contributed by atoms with E-state index in [1.165, 1.54) is 13.0 Å². The van der Waals surface area contributed by atoms with E-state index in [-0.39, 0.29) is 30.0 Å². The highest BCUT2D eigenvalue weighted by Crippen LogP contribution is 2.31. The molecule has 4 aromatic rings. The zero-order valence-electron chi connectivity index (χ0n) is 28.1. The molecule has 0 aliphatic carbocycles. The molecule has 2 aliphatic rings. The van der Waals surface area contributed by atoms with Crippen LogP contribution in [0.2, 0.25) is 0 Å². The maximum absolute atomic E-state index is 14.8. The number of carbonyl (C=O) groups is 2. The summed E-state index contributed by atoms with van der Waals surface area (Å²) in [5.74, 6) is 0.206. The van der Waals surface area contributed by atoms with E-state index in [9.17, 15) is 14.0 Å². The summed E-state index contributed by atoms with van der Waals surface area (Å²) in [5.41, 5.74) is 3.29. The molecule has 2 aliphatic heterocycles. The topological polar surface area (TPSA) is 72.0 Å². The van der Waals surface area contributed by atoms with Crippen LogP contribution in [0.1, 0.15) is 56.3 Å². The van der Waals surface area contributed by atoms with E-state index in [1.54, 1.807) is 53.4 Å². The Balaban J connectivity index is 1.08. The van der Waals surface area contributed by atoms with Gasteiger partial charge in [-0.2, -0.15) is 0 Å². The van der Waals surface area contributed by atoms with Gasteiger partial charge in [0.25, 0.3) is 0 Å². The Labute approximate surface area is 256 Å². The van der Waals surface area contributed by atoms with Gasteiger partial charge in [-0.3, -0.25) is 19.5 Å². The number of hydrogen-bond acceptors (Lipinski definition) is 7. The van der Waals surface area contributed by atoms with Gasteiger partial charge in [0.05, 0.1) is 11.2 Å². The Kier molecular flexibility index (Phi) is 7.36. The molecule has 1 fully saturated rings. The second-order valence-electron chi connectivity index (χ2n) is 10.8. The number of benzene rings is 3. The molecule has 222 valence electrons. The van der Waals surface area contributed by atoms with Gasteiger partial charge >= 0.3 is 0 Å². The van der Waals surface area contributed by atoms with Crippen LogP contribution in [0.3, 0.4) is 0 Å². The van der Waals surface area contributed by atoms with E-state index in [4.69, 9.17) is 19.9 Å². The molecule has 8 heteroatoms. The van der Waals surface area contributed by atoms with Crippen LogP contribution < -0.4 is 9.47 Å². The number of hydrogen-bond donors (Lipinski definition) is 0. The maximum atomic E-state index is 14.8. The standard InChI is InChI=1S/C35H36FN3O4/c1-2-11-38-12-14-39(15-13-38)23-29-7-4-25-20-26(5-9-31(25)37-29)33(41)21-28-18-24(3-8-30(28)36)19-32(40)27-6-10-34-35(22-27)43-17-16-42-34/h3-10,18,20,22H,2,11-17,19,21,23H2,1H3/i2D2,11D2. The van der Waals surface area contributed by atoms with E-state index in [1.807, 2.05) is 12.1 Å². The number of halogens is 1. The Morgan fingerprint density at radius 2 is 1.56 bits per heavy atom. The van der Waals surface area contributed by atoms with E-state index >= 15 is 0 Å². The lowest BCUT2D eigenvalue weighted by atomic mass is 9.97. The van der Waals surface area contributed by atoms with Gasteiger partial charge in [-0.1, -0.05) is 25.1 Å². The first-order valence-corrected chi connectivity index (χ1v) is 14.5. The smallest absolute Gasteiger partial charge is 0.167 e. The molecule has 0 radical (unpaired) electrons. The summed E-state index contributed by atoms with van der Waals surface area (Å²) in [7, 11) is 0. The van der Waals surface area contributed by atoms with Crippen LogP contribution in [0, 0.1) is 5.82 Å². The fourth-order valence-electron chi connectivity index (χ4n) is 5.49. The third-order valence-corrected chi connectivity index (χ3v) is 7.79. The van der Waals surface area contributed by atoms with Gasteiger partial charge in [-0.05, 0) is 72.5 Å². The molecule has 0 bridgehead atoms. The van der Waals surface area contributed by atoms with Crippen LogP contribution in [-0.4, -0.2) is 72.2 Å². The second kappa shape index (κ2) is 13.0. The molecule has 1 saturated heterocycles. The molecule has 6 rings (SSSR count). The van der Waals surface area contributed by atoms with Gasteiger partial charge in [0.2, 0.25) is 0 Å². The molecule has 0 N–H and O–H groups in total. The number of ketones is 2. The van der Waals surface area contributed by atoms with Gasteiger partial charge in [0.15, 0.2) is 23.1 Å². The van der Waals surface area contributed by atoms with Crippen molar-refractivity contribution in [2.75, 3.05) is 45.9 Å². The van der Waals surface area contributed by atoms with Crippen molar-refractivity contribution in [3.63, 3.8) is 0 Å². The summed E-state index contributed by atoms with van der Waals surface area (Å²) < 4.78 is 57.9. The minimum atomic E-state index is -2.04.